The van der Waals surface area contributed by atoms with Gasteiger partial charge in [0.05, 0.1) is 6.21 Å². The molecule has 0 N–H and O–H groups in total. The number of rotatable bonds is 8. The summed E-state index contributed by atoms with van der Waals surface area (Å²) in [6, 6.07) is 26.7. The Balaban J connectivity index is 1.86. The first-order chi connectivity index (χ1) is 14.2. The van der Waals surface area contributed by atoms with E-state index in [0.717, 1.165) is 24.2 Å². The SMILES string of the molecule is CCN(CC)c1ccc(C=NN=C(C(=O)c2ccccc2)c2ccccc2)cc1. The van der Waals surface area contributed by atoms with E-state index in [0.29, 0.717) is 11.3 Å². The fraction of sp³-hybridized carbons (Fsp3) is 0.160. The summed E-state index contributed by atoms with van der Waals surface area (Å²) < 4.78 is 0. The summed E-state index contributed by atoms with van der Waals surface area (Å²) in [7, 11) is 0. The zero-order valence-electron chi connectivity index (χ0n) is 16.8. The third kappa shape index (κ3) is 5.26. The summed E-state index contributed by atoms with van der Waals surface area (Å²) in [5.41, 5.74) is 3.78. The van der Waals surface area contributed by atoms with Crippen molar-refractivity contribution >= 4 is 23.4 Å². The molecule has 0 unspecified atom stereocenters. The summed E-state index contributed by atoms with van der Waals surface area (Å²) in [4.78, 5) is 15.2. The number of ketones is 1. The minimum atomic E-state index is -0.147. The lowest BCUT2D eigenvalue weighted by Gasteiger charge is -2.20. The molecule has 4 nitrogen and oxygen atoms in total. The summed E-state index contributed by atoms with van der Waals surface area (Å²) in [6.45, 7) is 6.22. The molecule has 0 aliphatic carbocycles. The lowest BCUT2D eigenvalue weighted by molar-refractivity contribution is 0.106. The first kappa shape index (κ1) is 20.2. The fourth-order valence-corrected chi connectivity index (χ4v) is 3.07. The van der Waals surface area contributed by atoms with Gasteiger partial charge in [-0.2, -0.15) is 5.10 Å². The van der Waals surface area contributed by atoms with Crippen molar-refractivity contribution in [3.05, 3.63) is 102 Å². The number of Topliss-reactive ketones (excluding diaryl/α,β-unsaturated/α-hetero) is 1. The highest BCUT2D eigenvalue weighted by molar-refractivity contribution is 6.51. The van der Waals surface area contributed by atoms with Crippen LogP contribution < -0.4 is 4.90 Å². The Labute approximate surface area is 172 Å². The molecule has 0 atom stereocenters. The van der Waals surface area contributed by atoms with Gasteiger partial charge in [-0.05, 0) is 31.5 Å². The zero-order chi connectivity index (χ0) is 20.5. The molecule has 0 radical (unpaired) electrons. The molecule has 0 aromatic heterocycles. The molecule has 0 heterocycles. The van der Waals surface area contributed by atoms with Crippen molar-refractivity contribution in [3.63, 3.8) is 0 Å². The molecule has 0 saturated heterocycles. The van der Waals surface area contributed by atoms with Crippen LogP contribution in [0.4, 0.5) is 5.69 Å². The molecule has 0 amide bonds. The predicted octanol–water partition coefficient (Wildman–Crippen LogP) is 5.24. The average Bonchev–Trinajstić information content (AvgIpc) is 2.79. The second-order valence-corrected chi connectivity index (χ2v) is 6.52. The maximum Gasteiger partial charge on any atom is 0.213 e. The molecule has 146 valence electrons. The number of hydrogen-bond acceptors (Lipinski definition) is 4. The zero-order valence-corrected chi connectivity index (χ0v) is 16.8. The maximum absolute atomic E-state index is 13.0. The minimum absolute atomic E-state index is 0.147. The molecule has 3 aromatic rings. The van der Waals surface area contributed by atoms with Gasteiger partial charge < -0.3 is 4.90 Å². The van der Waals surface area contributed by atoms with Gasteiger partial charge in [-0.1, -0.05) is 72.8 Å². The van der Waals surface area contributed by atoms with E-state index in [1.165, 1.54) is 5.69 Å². The predicted molar refractivity (Wildman–Crippen MR) is 121 cm³/mol. The Kier molecular flexibility index (Phi) is 7.06. The molecule has 4 heteroatoms. The topological polar surface area (TPSA) is 45.0 Å². The smallest absolute Gasteiger partial charge is 0.213 e. The van der Waals surface area contributed by atoms with Crippen molar-refractivity contribution in [2.24, 2.45) is 10.2 Å². The molecule has 3 aromatic carbocycles. The van der Waals surface area contributed by atoms with E-state index in [9.17, 15) is 4.79 Å². The molecule has 0 fully saturated rings. The van der Waals surface area contributed by atoms with Gasteiger partial charge in [0, 0.05) is 29.9 Å². The molecule has 29 heavy (non-hydrogen) atoms. The van der Waals surface area contributed by atoms with E-state index in [2.05, 4.69) is 41.1 Å². The highest BCUT2D eigenvalue weighted by Crippen LogP contribution is 2.14. The van der Waals surface area contributed by atoms with Gasteiger partial charge >= 0.3 is 0 Å². The average molecular weight is 383 g/mol. The molecule has 0 aliphatic rings. The van der Waals surface area contributed by atoms with E-state index in [1.807, 2.05) is 60.7 Å². The number of anilines is 1. The minimum Gasteiger partial charge on any atom is -0.372 e. The van der Waals surface area contributed by atoms with Crippen LogP contribution in [-0.2, 0) is 0 Å². The van der Waals surface area contributed by atoms with E-state index in [1.54, 1.807) is 18.3 Å². The van der Waals surface area contributed by atoms with Crippen LogP contribution in [0.5, 0.6) is 0 Å². The number of benzene rings is 3. The lowest BCUT2D eigenvalue weighted by Crippen LogP contribution is -2.21. The Morgan fingerprint density at radius 3 is 1.90 bits per heavy atom. The van der Waals surface area contributed by atoms with E-state index in [-0.39, 0.29) is 5.78 Å². The molecule has 0 aliphatic heterocycles. The number of nitrogens with zero attached hydrogens (tertiary/aromatic N) is 3. The van der Waals surface area contributed by atoms with Gasteiger partial charge in [0.25, 0.3) is 0 Å². The summed E-state index contributed by atoms with van der Waals surface area (Å²) in [6.07, 6.45) is 1.67. The van der Waals surface area contributed by atoms with Crippen molar-refractivity contribution in [2.45, 2.75) is 13.8 Å². The van der Waals surface area contributed by atoms with E-state index in [4.69, 9.17) is 0 Å². The van der Waals surface area contributed by atoms with Crippen molar-refractivity contribution in [1.82, 2.24) is 0 Å². The molecular weight excluding hydrogens is 358 g/mol. The maximum atomic E-state index is 13.0. The van der Waals surface area contributed by atoms with Crippen LogP contribution in [0.25, 0.3) is 0 Å². The Hall–Kier alpha value is -3.53. The normalized spacial score (nSPS) is 11.6. The second kappa shape index (κ2) is 10.1. The van der Waals surface area contributed by atoms with E-state index < -0.39 is 0 Å². The molecule has 3 rings (SSSR count). The first-order valence-corrected chi connectivity index (χ1v) is 9.84. The van der Waals surface area contributed by atoms with Crippen LogP contribution in [0.2, 0.25) is 0 Å². The van der Waals surface area contributed by atoms with Crippen molar-refractivity contribution in [2.75, 3.05) is 18.0 Å². The van der Waals surface area contributed by atoms with Crippen molar-refractivity contribution in [1.29, 1.82) is 0 Å². The number of carbonyl (C=O) groups is 1. The molecule has 0 saturated carbocycles. The van der Waals surface area contributed by atoms with Gasteiger partial charge in [-0.3, -0.25) is 4.79 Å². The highest BCUT2D eigenvalue weighted by Gasteiger charge is 2.16. The number of carbonyl (C=O) groups excluding carboxylic acids is 1. The van der Waals surface area contributed by atoms with Gasteiger partial charge in [-0.25, -0.2) is 0 Å². The van der Waals surface area contributed by atoms with Crippen molar-refractivity contribution in [3.8, 4) is 0 Å². The van der Waals surface area contributed by atoms with Gasteiger partial charge in [0.2, 0.25) is 5.78 Å². The molecular formula is C25H25N3O. The van der Waals surface area contributed by atoms with Crippen LogP contribution >= 0.6 is 0 Å². The largest absolute Gasteiger partial charge is 0.372 e. The highest BCUT2D eigenvalue weighted by atomic mass is 16.1. The Morgan fingerprint density at radius 2 is 1.34 bits per heavy atom. The lowest BCUT2D eigenvalue weighted by atomic mass is 10.0. The monoisotopic (exact) mass is 383 g/mol. The molecule has 0 spiro atoms. The third-order valence-electron chi connectivity index (χ3n) is 4.68. The standard InChI is InChI=1S/C25H25N3O/c1-3-28(4-2)23-17-15-20(16-18-23)19-26-27-24(21-11-7-5-8-12-21)25(29)22-13-9-6-10-14-22/h5-19H,3-4H2,1-2H3. The van der Waals surface area contributed by atoms with Crippen LogP contribution in [0.1, 0.15) is 35.3 Å². The van der Waals surface area contributed by atoms with Gasteiger partial charge in [0.15, 0.2) is 0 Å². The van der Waals surface area contributed by atoms with Gasteiger partial charge in [0.1, 0.15) is 5.71 Å². The second-order valence-electron chi connectivity index (χ2n) is 6.52. The third-order valence-corrected chi connectivity index (χ3v) is 4.68. The van der Waals surface area contributed by atoms with E-state index >= 15 is 0 Å². The summed E-state index contributed by atoms with van der Waals surface area (Å²) in [5, 5.41) is 8.49. The molecule has 0 bridgehead atoms. The van der Waals surface area contributed by atoms with Crippen LogP contribution in [0, 0.1) is 0 Å². The quantitative estimate of drug-likeness (QED) is 0.303. The van der Waals surface area contributed by atoms with Crippen LogP contribution in [0.3, 0.4) is 0 Å². The van der Waals surface area contributed by atoms with Crippen LogP contribution in [0.15, 0.2) is 95.1 Å². The van der Waals surface area contributed by atoms with Crippen LogP contribution in [-0.4, -0.2) is 30.8 Å². The van der Waals surface area contributed by atoms with Gasteiger partial charge in [-0.15, -0.1) is 5.10 Å². The fourth-order valence-electron chi connectivity index (χ4n) is 3.07. The Bertz CT molecular complexity index is 974. The summed E-state index contributed by atoms with van der Waals surface area (Å²) >= 11 is 0. The first-order valence-electron chi connectivity index (χ1n) is 9.84. The number of hydrogen-bond donors (Lipinski definition) is 0. The Morgan fingerprint density at radius 1 is 0.793 bits per heavy atom. The summed E-state index contributed by atoms with van der Waals surface area (Å²) in [5.74, 6) is -0.147. The van der Waals surface area contributed by atoms with Crippen molar-refractivity contribution < 1.29 is 4.79 Å².